The summed E-state index contributed by atoms with van der Waals surface area (Å²) in [5.41, 5.74) is 5.29. The molecule has 0 aliphatic rings. The summed E-state index contributed by atoms with van der Waals surface area (Å²) in [4.78, 5) is 0. The first-order chi connectivity index (χ1) is 2.64. The van der Waals surface area contributed by atoms with Gasteiger partial charge >= 0.3 is 0 Å². The van der Waals surface area contributed by atoms with E-state index in [-0.39, 0.29) is 23.0 Å². The molecule has 0 aliphatic heterocycles. The van der Waals surface area contributed by atoms with E-state index in [2.05, 4.69) is 22.5 Å². The molecule has 0 heterocycles. The minimum absolute atomic E-state index is 0. The molecule has 0 aromatic rings. The molecule has 1 nitrogen and oxygen atoms in total. The lowest BCUT2D eigenvalue weighted by molar-refractivity contribution is 0.918. The summed E-state index contributed by atoms with van der Waals surface area (Å²) in [6.07, 6.45) is 0. The van der Waals surface area contributed by atoms with Gasteiger partial charge in [0.1, 0.15) is 0 Å². The minimum Gasteiger partial charge on any atom is -0.324 e. The predicted molar refractivity (Wildman–Crippen MR) is 42.0 cm³/mol. The molecule has 0 amide bonds. The third-order valence-electron chi connectivity index (χ3n) is 0.494. The minimum atomic E-state index is 0. The van der Waals surface area contributed by atoms with Crippen LogP contribution >= 0.6 is 32.9 Å². The molecule has 44 valence electrons. The highest BCUT2D eigenvalue weighted by Crippen LogP contribution is 2.02. The zero-order chi connectivity index (χ0) is 5.15. The van der Waals surface area contributed by atoms with Gasteiger partial charge in [-0.15, -0.1) is 17.0 Å². The Morgan fingerprint density at radius 2 is 2.00 bits per heavy atom. The van der Waals surface area contributed by atoms with Crippen LogP contribution in [0.1, 0.15) is 6.92 Å². The molecule has 7 heavy (non-hydrogen) atoms. The van der Waals surface area contributed by atoms with E-state index in [4.69, 9.17) is 5.73 Å². The zero-order valence-corrected chi connectivity index (χ0v) is 7.45. The van der Waals surface area contributed by atoms with Crippen LogP contribution in [0.5, 0.6) is 0 Å². The van der Waals surface area contributed by atoms with E-state index < -0.39 is 0 Å². The number of nitrogens with two attached hydrogens (primary N) is 1. The van der Waals surface area contributed by atoms with Crippen LogP contribution in [-0.2, 0) is 0 Å². The van der Waals surface area contributed by atoms with Crippen LogP contribution in [0, 0.1) is 0 Å². The van der Waals surface area contributed by atoms with E-state index >= 15 is 0 Å². The predicted octanol–water partition coefficient (Wildman–Crippen LogP) is 1.82. The van der Waals surface area contributed by atoms with Crippen LogP contribution in [0.2, 0.25) is 0 Å². The Hall–Kier alpha value is 0.660. The van der Waals surface area contributed by atoms with Crippen molar-refractivity contribution in [1.82, 2.24) is 0 Å². The van der Waals surface area contributed by atoms with Crippen molar-refractivity contribution in [2.24, 2.45) is 5.73 Å². The van der Waals surface area contributed by atoms with E-state index in [1.54, 1.807) is 0 Å². The molecule has 1 atom stereocenters. The third-order valence-corrected chi connectivity index (χ3v) is 1.22. The van der Waals surface area contributed by atoms with Gasteiger partial charge in [-0.05, 0) is 6.92 Å². The second-order valence-electron chi connectivity index (χ2n) is 1.24. The first kappa shape index (κ1) is 10.6. The maximum Gasteiger partial charge on any atom is 0.0326 e. The van der Waals surface area contributed by atoms with Crippen LogP contribution in [-0.4, -0.2) is 6.04 Å². The van der Waals surface area contributed by atoms with Gasteiger partial charge < -0.3 is 5.73 Å². The molecule has 0 rings (SSSR count). The quantitative estimate of drug-likeness (QED) is 0.731. The Bertz CT molecular complexity index is 60.7. The van der Waals surface area contributed by atoms with Gasteiger partial charge in [0, 0.05) is 10.5 Å². The SMILES string of the molecule is Br.C=C(Br)C(C)N. The summed E-state index contributed by atoms with van der Waals surface area (Å²) in [5, 5.41) is 0. The van der Waals surface area contributed by atoms with Crippen molar-refractivity contribution in [2.45, 2.75) is 13.0 Å². The molecule has 0 fully saturated rings. The second kappa shape index (κ2) is 4.81. The van der Waals surface area contributed by atoms with Crippen molar-refractivity contribution in [3.05, 3.63) is 11.1 Å². The van der Waals surface area contributed by atoms with Gasteiger partial charge in [-0.25, -0.2) is 0 Å². The highest BCUT2D eigenvalue weighted by Gasteiger charge is 1.89. The number of hydrogen-bond acceptors (Lipinski definition) is 1. The Morgan fingerprint density at radius 1 is 1.86 bits per heavy atom. The molecule has 0 aliphatic carbocycles. The van der Waals surface area contributed by atoms with E-state index in [1.165, 1.54) is 0 Å². The molecule has 0 radical (unpaired) electrons. The molecule has 2 N–H and O–H groups in total. The first-order valence-corrected chi connectivity index (χ1v) is 2.53. The summed E-state index contributed by atoms with van der Waals surface area (Å²) in [5.74, 6) is 0. The molecule has 0 aromatic heterocycles. The van der Waals surface area contributed by atoms with Gasteiger partial charge in [0.2, 0.25) is 0 Å². The van der Waals surface area contributed by atoms with Crippen molar-refractivity contribution in [2.75, 3.05) is 0 Å². The molecule has 3 heteroatoms. The van der Waals surface area contributed by atoms with Crippen LogP contribution in [0.3, 0.4) is 0 Å². The van der Waals surface area contributed by atoms with E-state index in [9.17, 15) is 0 Å². The summed E-state index contributed by atoms with van der Waals surface area (Å²) in [6, 6.07) is 0.0741. The summed E-state index contributed by atoms with van der Waals surface area (Å²) >= 11 is 3.12. The lowest BCUT2D eigenvalue weighted by Gasteiger charge is -1.96. The largest absolute Gasteiger partial charge is 0.324 e. The third kappa shape index (κ3) is 6.66. The van der Waals surface area contributed by atoms with E-state index in [1.807, 2.05) is 6.92 Å². The maximum absolute atomic E-state index is 5.29. The Labute approximate surface area is 62.9 Å². The highest BCUT2D eigenvalue weighted by atomic mass is 79.9. The fraction of sp³-hybridized carbons (Fsp3) is 0.500. The first-order valence-electron chi connectivity index (χ1n) is 1.74. The van der Waals surface area contributed by atoms with Crippen molar-refractivity contribution < 1.29 is 0 Å². The molecule has 1 unspecified atom stereocenters. The van der Waals surface area contributed by atoms with Crippen LogP contribution < -0.4 is 5.73 Å². The van der Waals surface area contributed by atoms with Crippen molar-refractivity contribution in [3.8, 4) is 0 Å². The average molecular weight is 231 g/mol. The van der Waals surface area contributed by atoms with Gasteiger partial charge in [0.25, 0.3) is 0 Å². The van der Waals surface area contributed by atoms with Gasteiger partial charge in [0.05, 0.1) is 0 Å². The molecule has 0 spiro atoms. The van der Waals surface area contributed by atoms with E-state index in [0.29, 0.717) is 0 Å². The van der Waals surface area contributed by atoms with Crippen LogP contribution in [0.25, 0.3) is 0 Å². The normalized spacial score (nSPS) is 11.9. The van der Waals surface area contributed by atoms with Gasteiger partial charge in [-0.1, -0.05) is 22.5 Å². The van der Waals surface area contributed by atoms with Gasteiger partial charge in [-0.2, -0.15) is 0 Å². The smallest absolute Gasteiger partial charge is 0.0326 e. The number of rotatable bonds is 1. The average Bonchev–Trinajstić information content (AvgIpc) is 1.36. The van der Waals surface area contributed by atoms with Crippen LogP contribution in [0.15, 0.2) is 11.1 Å². The number of hydrogen-bond donors (Lipinski definition) is 1. The molecule has 0 saturated carbocycles. The second-order valence-corrected chi connectivity index (χ2v) is 2.25. The summed E-state index contributed by atoms with van der Waals surface area (Å²) in [7, 11) is 0. The van der Waals surface area contributed by atoms with Crippen LogP contribution in [0.4, 0.5) is 0 Å². The summed E-state index contributed by atoms with van der Waals surface area (Å²) in [6.45, 7) is 5.42. The fourth-order valence-corrected chi connectivity index (χ4v) is 0. The fourth-order valence-electron chi connectivity index (χ4n) is 0. The number of halogens is 2. The lowest BCUT2D eigenvalue weighted by Crippen LogP contribution is -2.13. The van der Waals surface area contributed by atoms with Crippen molar-refractivity contribution in [3.63, 3.8) is 0 Å². The van der Waals surface area contributed by atoms with Crippen molar-refractivity contribution in [1.29, 1.82) is 0 Å². The standard InChI is InChI=1S/C4H8BrN.BrH/c1-3(5)4(2)6;/h4H,1,6H2,2H3;1H. The van der Waals surface area contributed by atoms with Gasteiger partial charge in [-0.3, -0.25) is 0 Å². The summed E-state index contributed by atoms with van der Waals surface area (Å²) < 4.78 is 0.850. The molecular formula is C4H9Br2N. The van der Waals surface area contributed by atoms with Gasteiger partial charge in [0.15, 0.2) is 0 Å². The van der Waals surface area contributed by atoms with Crippen molar-refractivity contribution >= 4 is 32.9 Å². The zero-order valence-electron chi connectivity index (χ0n) is 4.15. The Balaban J connectivity index is 0. The highest BCUT2D eigenvalue weighted by molar-refractivity contribution is 9.11. The molecule has 0 bridgehead atoms. The topological polar surface area (TPSA) is 26.0 Å². The molecule has 0 aromatic carbocycles. The monoisotopic (exact) mass is 229 g/mol. The Kier molecular flexibility index (Phi) is 7.29. The molecule has 0 saturated heterocycles. The molecular weight excluding hydrogens is 222 g/mol. The lowest BCUT2D eigenvalue weighted by atomic mass is 10.4. The van der Waals surface area contributed by atoms with E-state index in [0.717, 1.165) is 4.48 Å². The Morgan fingerprint density at radius 3 is 2.00 bits per heavy atom. The maximum atomic E-state index is 5.29.